The van der Waals surface area contributed by atoms with E-state index in [2.05, 4.69) is 17.0 Å². The standard InChI is InChI=1S/C13H20N2O/c1-10(2)16-13-5-3-4-12(8-13)15-7-6-11(14)9-15/h3-5,8,10-11H,6-7,9,14H2,1-2H3. The van der Waals surface area contributed by atoms with Gasteiger partial charge in [-0.05, 0) is 32.4 Å². The molecule has 1 unspecified atom stereocenters. The maximum Gasteiger partial charge on any atom is 0.121 e. The number of rotatable bonds is 3. The number of benzene rings is 1. The van der Waals surface area contributed by atoms with Crippen molar-refractivity contribution in [1.29, 1.82) is 0 Å². The summed E-state index contributed by atoms with van der Waals surface area (Å²) < 4.78 is 5.68. The second-order valence-corrected chi connectivity index (χ2v) is 4.66. The summed E-state index contributed by atoms with van der Waals surface area (Å²) in [6.07, 6.45) is 1.30. The fraction of sp³-hybridized carbons (Fsp3) is 0.538. The molecule has 1 aliphatic heterocycles. The molecule has 1 atom stereocenters. The van der Waals surface area contributed by atoms with E-state index in [-0.39, 0.29) is 6.10 Å². The van der Waals surface area contributed by atoms with Gasteiger partial charge in [-0.25, -0.2) is 0 Å². The first-order chi connectivity index (χ1) is 7.65. The van der Waals surface area contributed by atoms with Crippen LogP contribution in [-0.2, 0) is 0 Å². The van der Waals surface area contributed by atoms with Gasteiger partial charge in [-0.2, -0.15) is 0 Å². The number of nitrogens with two attached hydrogens (primary N) is 1. The van der Waals surface area contributed by atoms with Crippen molar-refractivity contribution in [1.82, 2.24) is 0 Å². The van der Waals surface area contributed by atoms with Crippen LogP contribution in [0.2, 0.25) is 0 Å². The maximum absolute atomic E-state index is 5.91. The Bertz CT molecular complexity index is 352. The molecule has 3 heteroatoms. The molecule has 0 aromatic heterocycles. The summed E-state index contributed by atoms with van der Waals surface area (Å²) >= 11 is 0. The van der Waals surface area contributed by atoms with Gasteiger partial charge in [0.2, 0.25) is 0 Å². The third-order valence-corrected chi connectivity index (χ3v) is 2.78. The van der Waals surface area contributed by atoms with E-state index >= 15 is 0 Å². The highest BCUT2D eigenvalue weighted by molar-refractivity contribution is 5.51. The Morgan fingerprint density at radius 1 is 1.44 bits per heavy atom. The van der Waals surface area contributed by atoms with Crippen molar-refractivity contribution < 1.29 is 4.74 Å². The fourth-order valence-electron chi connectivity index (χ4n) is 2.05. The zero-order chi connectivity index (χ0) is 11.5. The third-order valence-electron chi connectivity index (χ3n) is 2.78. The zero-order valence-corrected chi connectivity index (χ0v) is 10.0. The van der Waals surface area contributed by atoms with Crippen LogP contribution >= 0.6 is 0 Å². The quantitative estimate of drug-likeness (QED) is 0.847. The first-order valence-electron chi connectivity index (χ1n) is 5.92. The molecule has 1 aliphatic rings. The van der Waals surface area contributed by atoms with E-state index in [0.717, 1.165) is 25.3 Å². The van der Waals surface area contributed by atoms with Crippen LogP contribution in [-0.4, -0.2) is 25.2 Å². The van der Waals surface area contributed by atoms with Crippen LogP contribution in [0, 0.1) is 0 Å². The fourth-order valence-corrected chi connectivity index (χ4v) is 2.05. The molecule has 0 bridgehead atoms. The largest absolute Gasteiger partial charge is 0.491 e. The lowest BCUT2D eigenvalue weighted by molar-refractivity contribution is 0.242. The van der Waals surface area contributed by atoms with Gasteiger partial charge in [-0.15, -0.1) is 0 Å². The number of hydrogen-bond donors (Lipinski definition) is 1. The molecule has 16 heavy (non-hydrogen) atoms. The summed E-state index contributed by atoms with van der Waals surface area (Å²) in [5.41, 5.74) is 7.12. The van der Waals surface area contributed by atoms with Gasteiger partial charge in [0.25, 0.3) is 0 Å². The lowest BCUT2D eigenvalue weighted by Gasteiger charge is -2.19. The predicted molar refractivity (Wildman–Crippen MR) is 67.0 cm³/mol. The van der Waals surface area contributed by atoms with Crippen LogP contribution in [0.25, 0.3) is 0 Å². The maximum atomic E-state index is 5.91. The molecule has 1 heterocycles. The van der Waals surface area contributed by atoms with Crippen molar-refractivity contribution in [2.45, 2.75) is 32.4 Å². The molecular weight excluding hydrogens is 200 g/mol. The molecule has 2 rings (SSSR count). The lowest BCUT2D eigenvalue weighted by Crippen LogP contribution is -2.26. The minimum atomic E-state index is 0.219. The second-order valence-electron chi connectivity index (χ2n) is 4.66. The van der Waals surface area contributed by atoms with Crippen molar-refractivity contribution in [3.8, 4) is 5.75 Å². The Morgan fingerprint density at radius 3 is 2.88 bits per heavy atom. The average Bonchev–Trinajstić information content (AvgIpc) is 2.64. The summed E-state index contributed by atoms with van der Waals surface area (Å²) in [6.45, 7) is 6.08. The van der Waals surface area contributed by atoms with Crippen LogP contribution in [0.4, 0.5) is 5.69 Å². The Balaban J connectivity index is 2.09. The van der Waals surface area contributed by atoms with E-state index in [1.54, 1.807) is 0 Å². The molecule has 0 saturated carbocycles. The van der Waals surface area contributed by atoms with Crippen LogP contribution in [0.5, 0.6) is 5.75 Å². The Kier molecular flexibility index (Phi) is 3.34. The smallest absolute Gasteiger partial charge is 0.121 e. The first-order valence-corrected chi connectivity index (χ1v) is 5.92. The SMILES string of the molecule is CC(C)Oc1cccc(N2CCC(N)C2)c1. The van der Waals surface area contributed by atoms with Gasteiger partial charge in [0.05, 0.1) is 6.10 Å². The first kappa shape index (κ1) is 11.3. The Hall–Kier alpha value is -1.22. The van der Waals surface area contributed by atoms with E-state index in [1.807, 2.05) is 26.0 Å². The van der Waals surface area contributed by atoms with Crippen LogP contribution in [0.3, 0.4) is 0 Å². The number of ether oxygens (including phenoxy) is 1. The van der Waals surface area contributed by atoms with Gasteiger partial charge in [0.15, 0.2) is 0 Å². The number of nitrogens with zero attached hydrogens (tertiary/aromatic N) is 1. The van der Waals surface area contributed by atoms with Crippen molar-refractivity contribution in [3.63, 3.8) is 0 Å². The van der Waals surface area contributed by atoms with Gasteiger partial charge < -0.3 is 15.4 Å². The topological polar surface area (TPSA) is 38.5 Å². The molecular formula is C13H20N2O. The van der Waals surface area contributed by atoms with E-state index in [0.29, 0.717) is 6.04 Å². The summed E-state index contributed by atoms with van der Waals surface area (Å²) in [4.78, 5) is 2.32. The number of hydrogen-bond acceptors (Lipinski definition) is 3. The van der Waals surface area contributed by atoms with Crippen molar-refractivity contribution in [3.05, 3.63) is 24.3 Å². The van der Waals surface area contributed by atoms with E-state index in [9.17, 15) is 0 Å². The summed E-state index contributed by atoms with van der Waals surface area (Å²) in [5, 5.41) is 0. The summed E-state index contributed by atoms with van der Waals surface area (Å²) in [6, 6.07) is 8.56. The molecule has 1 saturated heterocycles. The minimum absolute atomic E-state index is 0.219. The molecule has 3 nitrogen and oxygen atoms in total. The molecule has 0 amide bonds. The van der Waals surface area contributed by atoms with E-state index in [1.165, 1.54) is 5.69 Å². The van der Waals surface area contributed by atoms with Crippen molar-refractivity contribution in [2.24, 2.45) is 5.73 Å². The predicted octanol–water partition coefficient (Wildman–Crippen LogP) is 2.01. The van der Waals surface area contributed by atoms with Crippen LogP contribution in [0.1, 0.15) is 20.3 Å². The zero-order valence-electron chi connectivity index (χ0n) is 10.0. The Morgan fingerprint density at radius 2 is 2.25 bits per heavy atom. The van der Waals surface area contributed by atoms with Gasteiger partial charge in [0.1, 0.15) is 5.75 Å². The Labute approximate surface area is 97.2 Å². The molecule has 1 aromatic carbocycles. The highest BCUT2D eigenvalue weighted by atomic mass is 16.5. The van der Waals surface area contributed by atoms with Crippen LogP contribution < -0.4 is 15.4 Å². The molecule has 0 radical (unpaired) electrons. The van der Waals surface area contributed by atoms with Crippen molar-refractivity contribution in [2.75, 3.05) is 18.0 Å². The van der Waals surface area contributed by atoms with E-state index in [4.69, 9.17) is 10.5 Å². The van der Waals surface area contributed by atoms with Crippen LogP contribution in [0.15, 0.2) is 24.3 Å². The summed E-state index contributed by atoms with van der Waals surface area (Å²) in [7, 11) is 0. The molecule has 0 spiro atoms. The van der Waals surface area contributed by atoms with Gasteiger partial charge >= 0.3 is 0 Å². The average molecular weight is 220 g/mol. The minimum Gasteiger partial charge on any atom is -0.491 e. The van der Waals surface area contributed by atoms with Gasteiger partial charge in [0, 0.05) is 30.9 Å². The lowest BCUT2D eigenvalue weighted by atomic mass is 10.2. The molecule has 0 aliphatic carbocycles. The van der Waals surface area contributed by atoms with Crippen molar-refractivity contribution >= 4 is 5.69 Å². The summed E-state index contributed by atoms with van der Waals surface area (Å²) in [5.74, 6) is 0.938. The molecule has 1 fully saturated rings. The van der Waals surface area contributed by atoms with Gasteiger partial charge in [-0.1, -0.05) is 6.07 Å². The molecule has 1 aromatic rings. The van der Waals surface area contributed by atoms with E-state index < -0.39 is 0 Å². The highest BCUT2D eigenvalue weighted by Crippen LogP contribution is 2.24. The molecule has 2 N–H and O–H groups in total. The molecule has 88 valence electrons. The monoisotopic (exact) mass is 220 g/mol. The normalized spacial score (nSPS) is 20.5. The second kappa shape index (κ2) is 4.74. The third kappa shape index (κ3) is 2.67. The number of anilines is 1. The van der Waals surface area contributed by atoms with Gasteiger partial charge in [-0.3, -0.25) is 0 Å². The highest BCUT2D eigenvalue weighted by Gasteiger charge is 2.19.